The Morgan fingerprint density at radius 2 is 2.16 bits per heavy atom. The number of pyridine rings is 1. The molecule has 0 unspecified atom stereocenters. The van der Waals surface area contributed by atoms with Crippen LogP contribution in [0.1, 0.15) is 19.5 Å². The Morgan fingerprint density at radius 1 is 1.53 bits per heavy atom. The van der Waals surface area contributed by atoms with Crippen molar-refractivity contribution >= 4 is 17.5 Å². The molecule has 0 spiro atoms. The number of carbonyl (C=O) groups excluding carboxylic acids is 1. The predicted molar refractivity (Wildman–Crippen MR) is 70.1 cm³/mol. The maximum Gasteiger partial charge on any atom is 0.325 e. The van der Waals surface area contributed by atoms with Crippen LogP contribution in [-0.4, -0.2) is 35.6 Å². The average molecular weight is 267 g/mol. The molecule has 1 rings (SSSR count). The SMILES string of the molecule is COC(=O)CN(c1ccc([N+](=O)[O-])c(C)n1)C(C)C. The largest absolute Gasteiger partial charge is 0.468 e. The van der Waals surface area contributed by atoms with Gasteiger partial charge < -0.3 is 9.64 Å². The van der Waals surface area contributed by atoms with E-state index in [1.807, 2.05) is 13.8 Å². The minimum Gasteiger partial charge on any atom is -0.468 e. The number of carbonyl (C=O) groups is 1. The van der Waals surface area contributed by atoms with E-state index in [1.165, 1.54) is 19.2 Å². The number of hydrogen-bond donors (Lipinski definition) is 0. The van der Waals surface area contributed by atoms with Crippen molar-refractivity contribution in [3.8, 4) is 0 Å². The van der Waals surface area contributed by atoms with Gasteiger partial charge in [-0.25, -0.2) is 4.98 Å². The van der Waals surface area contributed by atoms with Gasteiger partial charge in [-0.1, -0.05) is 0 Å². The van der Waals surface area contributed by atoms with E-state index in [4.69, 9.17) is 0 Å². The highest BCUT2D eigenvalue weighted by Crippen LogP contribution is 2.21. The Kier molecular flexibility index (Phi) is 4.80. The first-order chi connectivity index (χ1) is 8.86. The van der Waals surface area contributed by atoms with E-state index in [0.29, 0.717) is 11.5 Å². The molecule has 0 fully saturated rings. The standard InChI is InChI=1S/C12H17N3O4/c1-8(2)14(7-12(16)19-4)11-6-5-10(15(17)18)9(3)13-11/h5-6,8H,7H2,1-4H3. The number of methoxy groups -OCH3 is 1. The summed E-state index contributed by atoms with van der Waals surface area (Å²) >= 11 is 0. The first-order valence-corrected chi connectivity index (χ1v) is 5.82. The summed E-state index contributed by atoms with van der Waals surface area (Å²) in [5.41, 5.74) is 0.281. The lowest BCUT2D eigenvalue weighted by atomic mass is 10.2. The molecule has 0 saturated heterocycles. The quantitative estimate of drug-likeness (QED) is 0.458. The highest BCUT2D eigenvalue weighted by atomic mass is 16.6. The van der Waals surface area contributed by atoms with Crippen molar-refractivity contribution in [1.82, 2.24) is 4.98 Å². The van der Waals surface area contributed by atoms with Gasteiger partial charge in [0.2, 0.25) is 0 Å². The molecule has 0 radical (unpaired) electrons. The van der Waals surface area contributed by atoms with E-state index in [1.54, 1.807) is 11.8 Å². The van der Waals surface area contributed by atoms with Crippen LogP contribution in [0, 0.1) is 17.0 Å². The first kappa shape index (κ1) is 14.9. The molecule has 0 bridgehead atoms. The normalized spacial score (nSPS) is 10.4. The van der Waals surface area contributed by atoms with Crippen molar-refractivity contribution in [3.05, 3.63) is 27.9 Å². The van der Waals surface area contributed by atoms with Gasteiger partial charge >= 0.3 is 5.97 Å². The molecule has 0 saturated carbocycles. The maximum atomic E-state index is 11.4. The van der Waals surface area contributed by atoms with Gasteiger partial charge in [0.25, 0.3) is 5.69 Å². The Bertz CT molecular complexity index is 488. The summed E-state index contributed by atoms with van der Waals surface area (Å²) in [4.78, 5) is 27.5. The Hall–Kier alpha value is -2.18. The molecule has 0 aliphatic heterocycles. The van der Waals surface area contributed by atoms with Gasteiger partial charge in [-0.05, 0) is 26.8 Å². The van der Waals surface area contributed by atoms with Gasteiger partial charge in [0.15, 0.2) is 0 Å². The molecule has 0 atom stereocenters. The average Bonchev–Trinajstić information content (AvgIpc) is 2.34. The van der Waals surface area contributed by atoms with Crippen LogP contribution in [0.5, 0.6) is 0 Å². The van der Waals surface area contributed by atoms with Crippen LogP contribution in [0.2, 0.25) is 0 Å². The first-order valence-electron chi connectivity index (χ1n) is 5.82. The van der Waals surface area contributed by atoms with Gasteiger partial charge in [0.1, 0.15) is 18.1 Å². The lowest BCUT2D eigenvalue weighted by Crippen LogP contribution is -2.37. The van der Waals surface area contributed by atoms with Crippen LogP contribution in [-0.2, 0) is 9.53 Å². The zero-order valence-electron chi connectivity index (χ0n) is 11.4. The summed E-state index contributed by atoms with van der Waals surface area (Å²) in [7, 11) is 1.31. The molecule has 104 valence electrons. The third-order valence-corrected chi connectivity index (χ3v) is 2.68. The predicted octanol–water partition coefficient (Wildman–Crippen LogP) is 1.69. The van der Waals surface area contributed by atoms with Crippen LogP contribution in [0.4, 0.5) is 11.5 Å². The lowest BCUT2D eigenvalue weighted by Gasteiger charge is -2.26. The number of aryl methyl sites for hydroxylation is 1. The topological polar surface area (TPSA) is 85.6 Å². The van der Waals surface area contributed by atoms with Crippen molar-refractivity contribution in [3.63, 3.8) is 0 Å². The minimum atomic E-state index is -0.480. The Labute approximate surface area is 111 Å². The van der Waals surface area contributed by atoms with E-state index in [9.17, 15) is 14.9 Å². The van der Waals surface area contributed by atoms with Gasteiger partial charge in [-0.15, -0.1) is 0 Å². The molecule has 1 aromatic heterocycles. The second-order valence-electron chi connectivity index (χ2n) is 4.33. The van der Waals surface area contributed by atoms with Crippen molar-refractivity contribution in [2.45, 2.75) is 26.8 Å². The molecular weight excluding hydrogens is 250 g/mol. The number of nitro groups is 1. The number of rotatable bonds is 5. The molecule has 19 heavy (non-hydrogen) atoms. The summed E-state index contributed by atoms with van der Waals surface area (Å²) in [6.07, 6.45) is 0. The summed E-state index contributed by atoms with van der Waals surface area (Å²) in [6.45, 7) is 5.43. The molecule has 1 heterocycles. The minimum absolute atomic E-state index is 0.0208. The molecule has 1 aromatic rings. The molecule has 0 aliphatic carbocycles. The van der Waals surface area contributed by atoms with E-state index in [2.05, 4.69) is 9.72 Å². The van der Waals surface area contributed by atoms with Gasteiger partial charge in [0, 0.05) is 12.1 Å². The van der Waals surface area contributed by atoms with E-state index in [-0.39, 0.29) is 24.2 Å². The Morgan fingerprint density at radius 3 is 2.58 bits per heavy atom. The smallest absolute Gasteiger partial charge is 0.325 e. The summed E-state index contributed by atoms with van der Waals surface area (Å²) in [5, 5.41) is 10.7. The third kappa shape index (κ3) is 3.64. The number of anilines is 1. The van der Waals surface area contributed by atoms with E-state index in [0.717, 1.165) is 0 Å². The number of nitrogens with zero attached hydrogens (tertiary/aromatic N) is 3. The van der Waals surface area contributed by atoms with Crippen molar-refractivity contribution in [2.24, 2.45) is 0 Å². The highest BCUT2D eigenvalue weighted by Gasteiger charge is 2.19. The molecule has 0 aliphatic rings. The molecule has 7 nitrogen and oxygen atoms in total. The summed E-state index contributed by atoms with van der Waals surface area (Å²) in [6, 6.07) is 2.95. The zero-order valence-corrected chi connectivity index (χ0v) is 11.4. The second-order valence-corrected chi connectivity index (χ2v) is 4.33. The maximum absolute atomic E-state index is 11.4. The number of aromatic nitrogens is 1. The molecule has 0 N–H and O–H groups in total. The molecular formula is C12H17N3O4. The van der Waals surface area contributed by atoms with Crippen LogP contribution in [0.15, 0.2) is 12.1 Å². The van der Waals surface area contributed by atoms with Gasteiger partial charge in [-0.3, -0.25) is 14.9 Å². The fourth-order valence-electron chi connectivity index (χ4n) is 1.63. The van der Waals surface area contributed by atoms with E-state index >= 15 is 0 Å². The fourth-order valence-corrected chi connectivity index (χ4v) is 1.63. The fraction of sp³-hybridized carbons (Fsp3) is 0.500. The summed E-state index contributed by atoms with van der Waals surface area (Å²) < 4.78 is 4.63. The molecule has 0 amide bonds. The number of ether oxygens (including phenoxy) is 1. The second kappa shape index (κ2) is 6.12. The van der Waals surface area contributed by atoms with Gasteiger partial charge in [0.05, 0.1) is 12.0 Å². The van der Waals surface area contributed by atoms with Crippen molar-refractivity contribution < 1.29 is 14.5 Å². The van der Waals surface area contributed by atoms with E-state index < -0.39 is 4.92 Å². The molecule has 7 heteroatoms. The Balaban J connectivity index is 3.07. The van der Waals surface area contributed by atoms with Crippen LogP contribution in [0.3, 0.4) is 0 Å². The lowest BCUT2D eigenvalue weighted by molar-refractivity contribution is -0.385. The highest BCUT2D eigenvalue weighted by molar-refractivity contribution is 5.75. The monoisotopic (exact) mass is 267 g/mol. The van der Waals surface area contributed by atoms with Gasteiger partial charge in [-0.2, -0.15) is 0 Å². The summed E-state index contributed by atoms with van der Waals surface area (Å²) in [5.74, 6) is 0.134. The number of hydrogen-bond acceptors (Lipinski definition) is 6. The molecule has 0 aromatic carbocycles. The third-order valence-electron chi connectivity index (χ3n) is 2.68. The zero-order chi connectivity index (χ0) is 14.6. The van der Waals surface area contributed by atoms with Crippen molar-refractivity contribution in [1.29, 1.82) is 0 Å². The van der Waals surface area contributed by atoms with Crippen LogP contribution in [0.25, 0.3) is 0 Å². The number of esters is 1. The van der Waals surface area contributed by atoms with Crippen LogP contribution < -0.4 is 4.90 Å². The van der Waals surface area contributed by atoms with Crippen LogP contribution >= 0.6 is 0 Å². The van der Waals surface area contributed by atoms with Crippen molar-refractivity contribution in [2.75, 3.05) is 18.6 Å².